The van der Waals surface area contributed by atoms with E-state index in [0.717, 1.165) is 0 Å². The molecule has 1 heterocycles. The molecule has 1 aliphatic heterocycles. The Morgan fingerprint density at radius 3 is 2.52 bits per heavy atom. The van der Waals surface area contributed by atoms with Gasteiger partial charge >= 0.3 is 0 Å². The molecule has 1 saturated heterocycles. The van der Waals surface area contributed by atoms with Crippen LogP contribution < -0.4 is 10.6 Å². The zero-order chi connectivity index (χ0) is 16.8. The Morgan fingerprint density at radius 2 is 1.91 bits per heavy atom. The highest BCUT2D eigenvalue weighted by Crippen LogP contribution is 2.53. The maximum Gasteiger partial charge on any atom is 0.253 e. The molecule has 8 heteroatoms. The standard InChI is InChI=1S/C15H17ClN2O4S/c1-2-17-14(19)9-4-3-8(16)5-12(9)18-15(20)13-10-6-23(21,22)7-11(10)13/h3-5,10-11,13H,2,6-7H2,1H3,(H,17,19)(H,18,20). The highest BCUT2D eigenvalue weighted by atomic mass is 35.5. The molecule has 124 valence electrons. The van der Waals surface area contributed by atoms with Crippen molar-refractivity contribution in [2.24, 2.45) is 17.8 Å². The number of halogens is 1. The number of rotatable bonds is 4. The van der Waals surface area contributed by atoms with E-state index in [1.54, 1.807) is 19.1 Å². The van der Waals surface area contributed by atoms with E-state index in [0.29, 0.717) is 22.8 Å². The van der Waals surface area contributed by atoms with Crippen LogP contribution in [0.25, 0.3) is 0 Å². The number of fused-ring (bicyclic) bond motifs is 1. The van der Waals surface area contributed by atoms with Crippen LogP contribution in [0.1, 0.15) is 17.3 Å². The van der Waals surface area contributed by atoms with Crippen LogP contribution in [0.15, 0.2) is 18.2 Å². The molecule has 1 aromatic carbocycles. The summed E-state index contributed by atoms with van der Waals surface area (Å²) in [4.78, 5) is 24.4. The monoisotopic (exact) mass is 356 g/mol. The van der Waals surface area contributed by atoms with Crippen molar-refractivity contribution < 1.29 is 18.0 Å². The van der Waals surface area contributed by atoms with Crippen molar-refractivity contribution in [1.29, 1.82) is 0 Å². The predicted octanol–water partition coefficient (Wildman–Crippen LogP) is 1.32. The van der Waals surface area contributed by atoms with Crippen LogP contribution in [-0.2, 0) is 14.6 Å². The van der Waals surface area contributed by atoms with E-state index < -0.39 is 9.84 Å². The van der Waals surface area contributed by atoms with Gasteiger partial charge in [0.2, 0.25) is 5.91 Å². The van der Waals surface area contributed by atoms with Gasteiger partial charge in [-0.15, -0.1) is 0 Å². The van der Waals surface area contributed by atoms with Gasteiger partial charge in [-0.3, -0.25) is 9.59 Å². The number of amides is 2. The summed E-state index contributed by atoms with van der Waals surface area (Å²) in [5.41, 5.74) is 0.685. The van der Waals surface area contributed by atoms with Gasteiger partial charge in [0.1, 0.15) is 0 Å². The summed E-state index contributed by atoms with van der Waals surface area (Å²) in [5, 5.41) is 5.82. The quantitative estimate of drug-likeness (QED) is 0.851. The van der Waals surface area contributed by atoms with Crippen LogP contribution in [0.2, 0.25) is 5.02 Å². The second kappa shape index (κ2) is 5.79. The minimum atomic E-state index is -2.99. The van der Waals surface area contributed by atoms with E-state index in [-0.39, 0.29) is 41.1 Å². The molecule has 2 amide bonds. The minimum absolute atomic E-state index is 0.0779. The first kappa shape index (κ1) is 16.3. The maximum atomic E-state index is 12.4. The van der Waals surface area contributed by atoms with Crippen molar-refractivity contribution in [2.45, 2.75) is 6.92 Å². The molecular weight excluding hydrogens is 340 g/mol. The Bertz CT molecular complexity index is 760. The van der Waals surface area contributed by atoms with Crippen LogP contribution in [0.4, 0.5) is 5.69 Å². The average molecular weight is 357 g/mol. The van der Waals surface area contributed by atoms with Crippen LogP contribution in [0, 0.1) is 17.8 Å². The zero-order valence-corrected chi connectivity index (χ0v) is 14.1. The van der Waals surface area contributed by atoms with Gasteiger partial charge in [-0.1, -0.05) is 11.6 Å². The summed E-state index contributed by atoms with van der Waals surface area (Å²) in [6, 6.07) is 4.67. The van der Waals surface area contributed by atoms with E-state index in [4.69, 9.17) is 11.6 Å². The van der Waals surface area contributed by atoms with Gasteiger partial charge in [0.05, 0.1) is 22.8 Å². The molecule has 3 rings (SSSR count). The summed E-state index contributed by atoms with van der Waals surface area (Å²) in [7, 11) is -2.99. The van der Waals surface area contributed by atoms with Crippen molar-refractivity contribution in [3.8, 4) is 0 Å². The lowest BCUT2D eigenvalue weighted by atomic mass is 10.1. The summed E-state index contributed by atoms with van der Waals surface area (Å²) in [6.45, 7) is 2.28. The number of nitrogens with one attached hydrogen (secondary N) is 2. The van der Waals surface area contributed by atoms with Gasteiger partial charge in [0.25, 0.3) is 5.91 Å². The van der Waals surface area contributed by atoms with Gasteiger partial charge in [-0.05, 0) is 37.0 Å². The lowest BCUT2D eigenvalue weighted by Gasteiger charge is -2.12. The molecule has 2 atom stereocenters. The van der Waals surface area contributed by atoms with Gasteiger partial charge in [-0.25, -0.2) is 8.42 Å². The Balaban J connectivity index is 1.74. The second-order valence-electron chi connectivity index (χ2n) is 5.97. The molecule has 2 aliphatic rings. The molecule has 2 unspecified atom stereocenters. The first-order valence-electron chi connectivity index (χ1n) is 7.41. The molecule has 2 N–H and O–H groups in total. The molecule has 1 aromatic rings. The van der Waals surface area contributed by atoms with Crippen LogP contribution in [0.5, 0.6) is 0 Å². The second-order valence-corrected chi connectivity index (χ2v) is 8.56. The van der Waals surface area contributed by atoms with Gasteiger partial charge in [0.15, 0.2) is 9.84 Å². The van der Waals surface area contributed by atoms with Gasteiger partial charge < -0.3 is 10.6 Å². The Labute approximate surface area is 139 Å². The molecule has 0 spiro atoms. The fraction of sp³-hybridized carbons (Fsp3) is 0.467. The lowest BCUT2D eigenvalue weighted by Crippen LogP contribution is -2.26. The fourth-order valence-corrected chi connectivity index (χ4v) is 5.62. The third-order valence-corrected chi connectivity index (χ3v) is 6.37. The molecule has 0 bridgehead atoms. The molecule has 1 aliphatic carbocycles. The van der Waals surface area contributed by atoms with Crippen molar-refractivity contribution in [1.82, 2.24) is 5.32 Å². The van der Waals surface area contributed by atoms with E-state index in [2.05, 4.69) is 10.6 Å². The average Bonchev–Trinajstić information content (AvgIpc) is 2.98. The van der Waals surface area contributed by atoms with Crippen molar-refractivity contribution >= 4 is 38.9 Å². The normalized spacial score (nSPS) is 27.1. The Hall–Kier alpha value is -1.60. The van der Waals surface area contributed by atoms with E-state index >= 15 is 0 Å². The molecular formula is C15H17ClN2O4S. The minimum Gasteiger partial charge on any atom is -0.352 e. The number of hydrogen-bond acceptors (Lipinski definition) is 4. The molecule has 6 nitrogen and oxygen atoms in total. The van der Waals surface area contributed by atoms with E-state index in [1.807, 2.05) is 0 Å². The lowest BCUT2D eigenvalue weighted by molar-refractivity contribution is -0.117. The van der Waals surface area contributed by atoms with Crippen LogP contribution in [0.3, 0.4) is 0 Å². The number of carbonyl (C=O) groups is 2. The molecule has 0 aromatic heterocycles. The third kappa shape index (κ3) is 3.21. The van der Waals surface area contributed by atoms with Gasteiger partial charge in [-0.2, -0.15) is 0 Å². The van der Waals surface area contributed by atoms with Crippen LogP contribution in [-0.4, -0.2) is 38.3 Å². The SMILES string of the molecule is CCNC(=O)c1ccc(Cl)cc1NC(=O)C1C2CS(=O)(=O)CC21. The number of carbonyl (C=O) groups excluding carboxylic acids is 2. The molecule has 1 saturated carbocycles. The van der Waals surface area contributed by atoms with E-state index in [9.17, 15) is 18.0 Å². The molecule has 0 radical (unpaired) electrons. The van der Waals surface area contributed by atoms with E-state index in [1.165, 1.54) is 6.07 Å². The first-order chi connectivity index (χ1) is 10.8. The molecule has 2 fully saturated rings. The summed E-state index contributed by atoms with van der Waals surface area (Å²) in [6.07, 6.45) is 0. The van der Waals surface area contributed by atoms with Crippen molar-refractivity contribution in [2.75, 3.05) is 23.4 Å². The summed E-state index contributed by atoms with van der Waals surface area (Å²) in [5.74, 6) is -0.859. The summed E-state index contributed by atoms with van der Waals surface area (Å²) >= 11 is 5.95. The zero-order valence-electron chi connectivity index (χ0n) is 12.5. The van der Waals surface area contributed by atoms with Gasteiger partial charge in [0, 0.05) is 17.5 Å². The first-order valence-corrected chi connectivity index (χ1v) is 9.61. The maximum absolute atomic E-state index is 12.4. The Morgan fingerprint density at radius 1 is 1.26 bits per heavy atom. The molecule has 23 heavy (non-hydrogen) atoms. The number of sulfone groups is 1. The largest absolute Gasteiger partial charge is 0.352 e. The summed E-state index contributed by atoms with van der Waals surface area (Å²) < 4.78 is 22.9. The Kier molecular flexibility index (Phi) is 4.10. The number of hydrogen-bond donors (Lipinski definition) is 2. The number of anilines is 1. The predicted molar refractivity (Wildman–Crippen MR) is 87.2 cm³/mol. The van der Waals surface area contributed by atoms with Crippen molar-refractivity contribution in [3.05, 3.63) is 28.8 Å². The highest BCUT2D eigenvalue weighted by Gasteiger charge is 2.62. The van der Waals surface area contributed by atoms with Crippen LogP contribution >= 0.6 is 11.6 Å². The topological polar surface area (TPSA) is 92.3 Å². The highest BCUT2D eigenvalue weighted by molar-refractivity contribution is 7.91. The number of benzene rings is 1. The van der Waals surface area contributed by atoms with Crippen molar-refractivity contribution in [3.63, 3.8) is 0 Å². The fourth-order valence-electron chi connectivity index (χ4n) is 3.23. The smallest absolute Gasteiger partial charge is 0.253 e. The third-order valence-electron chi connectivity index (χ3n) is 4.35.